The standard InChI is InChI=1S/C22H28N2O2/c1-16-10-12-24(13-11-16)20-7-5-19(6-8-20)23-22(25)15-26-21-9-4-17(2)18(3)14-21/h4-9,14,16H,10-13,15H2,1-3H3,(H,23,25). The number of rotatable bonds is 5. The minimum Gasteiger partial charge on any atom is -0.484 e. The largest absolute Gasteiger partial charge is 0.484 e. The van der Waals surface area contributed by atoms with Gasteiger partial charge in [0.05, 0.1) is 0 Å². The van der Waals surface area contributed by atoms with Gasteiger partial charge in [0.1, 0.15) is 5.75 Å². The average Bonchev–Trinajstić information content (AvgIpc) is 2.64. The van der Waals surface area contributed by atoms with Gasteiger partial charge in [0.15, 0.2) is 6.61 Å². The van der Waals surface area contributed by atoms with Crippen LogP contribution in [0.25, 0.3) is 0 Å². The van der Waals surface area contributed by atoms with Crippen molar-refractivity contribution in [3.05, 3.63) is 53.6 Å². The first kappa shape index (κ1) is 18.3. The molecule has 2 aromatic carbocycles. The number of piperidine rings is 1. The number of amides is 1. The van der Waals surface area contributed by atoms with Gasteiger partial charge < -0.3 is 15.0 Å². The highest BCUT2D eigenvalue weighted by Gasteiger charge is 2.16. The molecule has 2 aromatic rings. The smallest absolute Gasteiger partial charge is 0.262 e. The summed E-state index contributed by atoms with van der Waals surface area (Å²) >= 11 is 0. The van der Waals surface area contributed by atoms with Crippen LogP contribution in [-0.2, 0) is 4.79 Å². The van der Waals surface area contributed by atoms with Gasteiger partial charge in [0.25, 0.3) is 5.91 Å². The Morgan fingerprint density at radius 2 is 1.77 bits per heavy atom. The molecule has 0 saturated carbocycles. The molecule has 1 amide bonds. The zero-order chi connectivity index (χ0) is 18.5. The summed E-state index contributed by atoms with van der Waals surface area (Å²) in [6, 6.07) is 13.9. The number of benzene rings is 2. The Bertz CT molecular complexity index is 747. The Labute approximate surface area is 156 Å². The second-order valence-electron chi connectivity index (χ2n) is 7.30. The van der Waals surface area contributed by atoms with E-state index in [1.165, 1.54) is 24.1 Å². The van der Waals surface area contributed by atoms with Gasteiger partial charge >= 0.3 is 0 Å². The predicted molar refractivity (Wildman–Crippen MR) is 107 cm³/mol. The summed E-state index contributed by atoms with van der Waals surface area (Å²) in [5.41, 5.74) is 4.39. The summed E-state index contributed by atoms with van der Waals surface area (Å²) in [5.74, 6) is 1.39. The van der Waals surface area contributed by atoms with E-state index >= 15 is 0 Å². The van der Waals surface area contributed by atoms with Gasteiger partial charge in [-0.3, -0.25) is 4.79 Å². The molecule has 1 aliphatic rings. The van der Waals surface area contributed by atoms with Crippen LogP contribution in [0.2, 0.25) is 0 Å². The second-order valence-corrected chi connectivity index (χ2v) is 7.30. The fourth-order valence-electron chi connectivity index (χ4n) is 3.17. The molecule has 0 spiro atoms. The van der Waals surface area contributed by atoms with Crippen molar-refractivity contribution in [3.63, 3.8) is 0 Å². The lowest BCUT2D eigenvalue weighted by Crippen LogP contribution is -2.32. The molecule has 0 bridgehead atoms. The molecule has 1 saturated heterocycles. The average molecular weight is 352 g/mol. The topological polar surface area (TPSA) is 41.6 Å². The van der Waals surface area contributed by atoms with Gasteiger partial charge in [0.2, 0.25) is 0 Å². The number of carbonyl (C=O) groups excluding carboxylic acids is 1. The minimum absolute atomic E-state index is 0.00820. The van der Waals surface area contributed by atoms with Crippen molar-refractivity contribution in [2.45, 2.75) is 33.6 Å². The third-order valence-electron chi connectivity index (χ3n) is 5.15. The Morgan fingerprint density at radius 3 is 2.42 bits per heavy atom. The summed E-state index contributed by atoms with van der Waals surface area (Å²) in [7, 11) is 0. The van der Waals surface area contributed by atoms with Crippen molar-refractivity contribution in [3.8, 4) is 5.75 Å². The maximum atomic E-state index is 12.1. The first-order valence-corrected chi connectivity index (χ1v) is 9.36. The lowest BCUT2D eigenvalue weighted by Gasteiger charge is -2.32. The summed E-state index contributed by atoms with van der Waals surface area (Å²) < 4.78 is 5.58. The highest BCUT2D eigenvalue weighted by Crippen LogP contribution is 2.24. The molecule has 4 nitrogen and oxygen atoms in total. The van der Waals surface area contributed by atoms with Crippen LogP contribution in [0.15, 0.2) is 42.5 Å². The Balaban J connectivity index is 1.50. The Kier molecular flexibility index (Phi) is 5.82. The molecule has 0 aliphatic carbocycles. The predicted octanol–water partition coefficient (Wildman–Crippen LogP) is 4.56. The van der Waals surface area contributed by atoms with Crippen LogP contribution in [0.5, 0.6) is 5.75 Å². The Hall–Kier alpha value is -2.49. The molecular weight excluding hydrogens is 324 g/mol. The van der Waals surface area contributed by atoms with E-state index in [2.05, 4.69) is 36.2 Å². The van der Waals surface area contributed by atoms with Crippen LogP contribution >= 0.6 is 0 Å². The van der Waals surface area contributed by atoms with Crippen LogP contribution in [0.3, 0.4) is 0 Å². The SMILES string of the molecule is Cc1ccc(OCC(=O)Nc2ccc(N3CCC(C)CC3)cc2)cc1C. The third-order valence-corrected chi connectivity index (χ3v) is 5.15. The normalized spacial score (nSPS) is 15.0. The molecule has 0 aromatic heterocycles. The lowest BCUT2D eigenvalue weighted by molar-refractivity contribution is -0.118. The number of ether oxygens (including phenoxy) is 1. The van der Waals surface area contributed by atoms with Crippen molar-refractivity contribution in [2.24, 2.45) is 5.92 Å². The number of anilines is 2. The van der Waals surface area contributed by atoms with Crippen molar-refractivity contribution in [1.82, 2.24) is 0 Å². The summed E-state index contributed by atoms with van der Waals surface area (Å²) in [6.07, 6.45) is 2.49. The first-order valence-electron chi connectivity index (χ1n) is 9.36. The summed E-state index contributed by atoms with van der Waals surface area (Å²) in [4.78, 5) is 14.5. The van der Waals surface area contributed by atoms with Crippen LogP contribution in [0.1, 0.15) is 30.9 Å². The van der Waals surface area contributed by atoms with E-state index in [4.69, 9.17) is 4.74 Å². The summed E-state index contributed by atoms with van der Waals surface area (Å²) in [6.45, 7) is 8.63. The molecule has 0 unspecified atom stereocenters. The van der Waals surface area contributed by atoms with E-state index in [1.807, 2.05) is 37.3 Å². The second kappa shape index (κ2) is 8.26. The monoisotopic (exact) mass is 352 g/mol. The number of aryl methyl sites for hydroxylation is 2. The molecule has 1 heterocycles. The maximum absolute atomic E-state index is 12.1. The van der Waals surface area contributed by atoms with E-state index in [0.717, 1.165) is 36.0 Å². The number of nitrogens with zero attached hydrogens (tertiary/aromatic N) is 1. The third kappa shape index (κ3) is 4.78. The fraction of sp³-hybridized carbons (Fsp3) is 0.409. The first-order chi connectivity index (χ1) is 12.5. The van der Waals surface area contributed by atoms with E-state index in [-0.39, 0.29) is 12.5 Å². The van der Waals surface area contributed by atoms with Gasteiger partial charge in [-0.2, -0.15) is 0 Å². The fourth-order valence-corrected chi connectivity index (χ4v) is 3.17. The highest BCUT2D eigenvalue weighted by molar-refractivity contribution is 5.92. The lowest BCUT2D eigenvalue weighted by atomic mass is 9.99. The number of nitrogens with one attached hydrogen (secondary N) is 1. The molecule has 0 atom stereocenters. The van der Waals surface area contributed by atoms with Crippen molar-refractivity contribution < 1.29 is 9.53 Å². The van der Waals surface area contributed by atoms with Gasteiger partial charge in [-0.1, -0.05) is 13.0 Å². The van der Waals surface area contributed by atoms with Crippen molar-refractivity contribution in [1.29, 1.82) is 0 Å². The molecule has 26 heavy (non-hydrogen) atoms. The van der Waals surface area contributed by atoms with E-state index in [0.29, 0.717) is 0 Å². The van der Waals surface area contributed by atoms with Crippen LogP contribution in [0.4, 0.5) is 11.4 Å². The zero-order valence-corrected chi connectivity index (χ0v) is 15.9. The Morgan fingerprint density at radius 1 is 1.08 bits per heavy atom. The molecule has 0 radical (unpaired) electrons. The van der Waals surface area contributed by atoms with Crippen LogP contribution < -0.4 is 15.0 Å². The highest BCUT2D eigenvalue weighted by atomic mass is 16.5. The van der Waals surface area contributed by atoms with Crippen LogP contribution in [0, 0.1) is 19.8 Å². The minimum atomic E-state index is -0.150. The van der Waals surface area contributed by atoms with Gasteiger partial charge in [-0.15, -0.1) is 0 Å². The van der Waals surface area contributed by atoms with E-state index < -0.39 is 0 Å². The van der Waals surface area contributed by atoms with Crippen molar-refractivity contribution in [2.75, 3.05) is 29.9 Å². The number of hydrogen-bond donors (Lipinski definition) is 1. The summed E-state index contributed by atoms with van der Waals surface area (Å²) in [5, 5.41) is 2.89. The van der Waals surface area contributed by atoms with E-state index in [1.54, 1.807) is 0 Å². The molecule has 4 heteroatoms. The number of hydrogen-bond acceptors (Lipinski definition) is 3. The molecule has 1 fully saturated rings. The van der Waals surface area contributed by atoms with Gasteiger partial charge in [-0.05, 0) is 80.1 Å². The van der Waals surface area contributed by atoms with Crippen LogP contribution in [-0.4, -0.2) is 25.6 Å². The zero-order valence-electron chi connectivity index (χ0n) is 15.9. The van der Waals surface area contributed by atoms with E-state index in [9.17, 15) is 4.79 Å². The quantitative estimate of drug-likeness (QED) is 0.858. The molecule has 3 rings (SSSR count). The molecular formula is C22H28N2O2. The number of carbonyl (C=O) groups is 1. The molecule has 1 N–H and O–H groups in total. The van der Waals surface area contributed by atoms with Gasteiger partial charge in [0, 0.05) is 24.5 Å². The molecule has 138 valence electrons. The van der Waals surface area contributed by atoms with Gasteiger partial charge in [-0.25, -0.2) is 0 Å². The maximum Gasteiger partial charge on any atom is 0.262 e. The molecule has 1 aliphatic heterocycles. The van der Waals surface area contributed by atoms with Crippen molar-refractivity contribution >= 4 is 17.3 Å².